The molecule has 3 atom stereocenters. The number of nitrogens with zero attached hydrogens (tertiary/aromatic N) is 6. The Morgan fingerprint density at radius 1 is 1.11 bits per heavy atom. The second kappa shape index (κ2) is 9.28. The van der Waals surface area contributed by atoms with Gasteiger partial charge in [-0.2, -0.15) is 5.10 Å². The van der Waals surface area contributed by atoms with Gasteiger partial charge in [-0.05, 0) is 71.4 Å². The molecule has 3 N–H and O–H groups in total. The van der Waals surface area contributed by atoms with Crippen molar-refractivity contribution in [3.63, 3.8) is 0 Å². The van der Waals surface area contributed by atoms with Crippen molar-refractivity contribution in [2.24, 2.45) is 11.7 Å². The molecule has 1 saturated carbocycles. The van der Waals surface area contributed by atoms with Crippen molar-refractivity contribution in [3.05, 3.63) is 64.9 Å². The van der Waals surface area contributed by atoms with Crippen LogP contribution >= 0.6 is 15.9 Å². The summed E-state index contributed by atoms with van der Waals surface area (Å²) in [5.74, 6) is 0.161. The standard InChI is InChI=1S/C26H23BrN8O3/c1-13-29-10-16(11-30-13)14-5-6-18-17(7-14)24(25(28)37)33-34(18)12-23(36)35-19-8-15(19)9-20(35)26(38)32-22-4-2-3-21(27)31-22/h2-7,10-11,15,19-20H,8-9,12H2,1H3,(H2,28,37)(H,31,32,38)/t15-,19-,20+/m1/s1. The molecule has 38 heavy (non-hydrogen) atoms. The van der Waals surface area contributed by atoms with Gasteiger partial charge in [0.1, 0.15) is 28.8 Å². The van der Waals surface area contributed by atoms with E-state index in [1.165, 1.54) is 4.68 Å². The number of amides is 3. The predicted molar refractivity (Wildman–Crippen MR) is 142 cm³/mol. The molecule has 4 aromatic rings. The number of hydrogen-bond acceptors (Lipinski definition) is 7. The maximum Gasteiger partial charge on any atom is 0.269 e. The molecule has 0 unspecified atom stereocenters. The molecule has 3 amide bonds. The van der Waals surface area contributed by atoms with E-state index in [9.17, 15) is 14.4 Å². The lowest BCUT2D eigenvalue weighted by Gasteiger charge is -2.26. The number of rotatable bonds is 6. The number of pyridine rings is 1. The number of carbonyl (C=O) groups is 3. The van der Waals surface area contributed by atoms with Gasteiger partial charge in [0, 0.05) is 29.4 Å². The van der Waals surface area contributed by atoms with Gasteiger partial charge < -0.3 is 16.0 Å². The van der Waals surface area contributed by atoms with Crippen LogP contribution in [0.15, 0.2) is 53.4 Å². The number of benzene rings is 1. The zero-order valence-electron chi connectivity index (χ0n) is 20.3. The van der Waals surface area contributed by atoms with Crippen LogP contribution in [0.4, 0.5) is 5.82 Å². The molecule has 4 heterocycles. The summed E-state index contributed by atoms with van der Waals surface area (Å²) in [6.07, 6.45) is 4.88. The van der Waals surface area contributed by atoms with E-state index in [-0.39, 0.29) is 30.1 Å². The summed E-state index contributed by atoms with van der Waals surface area (Å²) in [5.41, 5.74) is 7.87. The molecular weight excluding hydrogens is 552 g/mol. The van der Waals surface area contributed by atoms with Crippen LogP contribution in [-0.4, -0.2) is 59.4 Å². The largest absolute Gasteiger partial charge is 0.364 e. The first-order chi connectivity index (χ1) is 18.3. The second-order valence-corrected chi connectivity index (χ2v) is 10.4. The van der Waals surface area contributed by atoms with E-state index < -0.39 is 11.9 Å². The average Bonchev–Trinajstić information content (AvgIpc) is 3.39. The van der Waals surface area contributed by atoms with Crippen molar-refractivity contribution < 1.29 is 14.4 Å². The molecule has 3 aromatic heterocycles. The van der Waals surface area contributed by atoms with E-state index in [1.807, 2.05) is 6.07 Å². The normalized spacial score (nSPS) is 19.8. The van der Waals surface area contributed by atoms with Gasteiger partial charge in [0.15, 0.2) is 5.69 Å². The van der Waals surface area contributed by atoms with Crippen molar-refractivity contribution in [2.45, 2.75) is 38.4 Å². The van der Waals surface area contributed by atoms with Crippen LogP contribution < -0.4 is 11.1 Å². The van der Waals surface area contributed by atoms with Crippen molar-refractivity contribution in [1.82, 2.24) is 29.6 Å². The number of piperidine rings is 1. The van der Waals surface area contributed by atoms with E-state index >= 15 is 0 Å². The number of hydrogen-bond donors (Lipinski definition) is 2. The number of aryl methyl sites for hydroxylation is 1. The third kappa shape index (κ3) is 4.40. The molecular formula is C26H23BrN8O3. The average molecular weight is 575 g/mol. The van der Waals surface area contributed by atoms with Gasteiger partial charge in [-0.25, -0.2) is 15.0 Å². The quantitative estimate of drug-likeness (QED) is 0.336. The van der Waals surface area contributed by atoms with Crippen LogP contribution in [0.5, 0.6) is 0 Å². The van der Waals surface area contributed by atoms with Crippen LogP contribution in [0.3, 0.4) is 0 Å². The van der Waals surface area contributed by atoms with Crippen molar-refractivity contribution in [3.8, 4) is 11.1 Å². The maximum absolute atomic E-state index is 13.5. The SMILES string of the molecule is Cc1ncc(-c2ccc3c(c2)c(C(N)=O)nn3CC(=O)N2[C@@H]3C[C@@H]3C[C@H]2C(=O)Nc2cccc(Br)n2)cn1. The first-order valence-electron chi connectivity index (χ1n) is 12.1. The van der Waals surface area contributed by atoms with E-state index in [2.05, 4.69) is 41.3 Å². The molecule has 1 aliphatic carbocycles. The van der Waals surface area contributed by atoms with Gasteiger partial charge in [0.05, 0.1) is 5.52 Å². The lowest BCUT2D eigenvalue weighted by atomic mass is 10.1. The van der Waals surface area contributed by atoms with Gasteiger partial charge in [-0.15, -0.1) is 0 Å². The van der Waals surface area contributed by atoms with Crippen LogP contribution in [-0.2, 0) is 16.1 Å². The Bertz CT molecular complexity index is 1600. The summed E-state index contributed by atoms with van der Waals surface area (Å²) < 4.78 is 2.08. The summed E-state index contributed by atoms with van der Waals surface area (Å²) in [6.45, 7) is 1.67. The zero-order valence-corrected chi connectivity index (χ0v) is 21.9. The van der Waals surface area contributed by atoms with Crippen molar-refractivity contribution in [1.29, 1.82) is 0 Å². The number of anilines is 1. The number of halogens is 1. The first-order valence-corrected chi connectivity index (χ1v) is 12.9. The lowest BCUT2D eigenvalue weighted by Crippen LogP contribution is -2.46. The minimum absolute atomic E-state index is 0.0271. The molecule has 1 aromatic carbocycles. The van der Waals surface area contributed by atoms with E-state index in [1.54, 1.807) is 54.5 Å². The van der Waals surface area contributed by atoms with E-state index in [0.717, 1.165) is 17.5 Å². The molecule has 12 heteroatoms. The Morgan fingerprint density at radius 2 is 1.89 bits per heavy atom. The number of aromatic nitrogens is 5. The Balaban J connectivity index is 1.27. The number of likely N-dealkylation sites (tertiary alicyclic amines) is 1. The van der Waals surface area contributed by atoms with Gasteiger partial charge in [0.25, 0.3) is 5.91 Å². The van der Waals surface area contributed by atoms with Gasteiger partial charge >= 0.3 is 0 Å². The molecule has 2 aliphatic rings. The van der Waals surface area contributed by atoms with Crippen LogP contribution in [0.1, 0.15) is 29.2 Å². The minimum atomic E-state index is -0.694. The highest BCUT2D eigenvalue weighted by molar-refractivity contribution is 9.10. The highest BCUT2D eigenvalue weighted by atomic mass is 79.9. The maximum atomic E-state index is 13.5. The molecule has 1 aliphatic heterocycles. The number of carbonyl (C=O) groups excluding carboxylic acids is 3. The van der Waals surface area contributed by atoms with Crippen LogP contribution in [0.25, 0.3) is 22.0 Å². The summed E-state index contributed by atoms with van der Waals surface area (Å²) >= 11 is 3.30. The summed E-state index contributed by atoms with van der Waals surface area (Å²) in [4.78, 5) is 53.3. The molecule has 0 radical (unpaired) electrons. The highest BCUT2D eigenvalue weighted by Gasteiger charge is 2.56. The fourth-order valence-corrected chi connectivity index (χ4v) is 5.49. The number of fused-ring (bicyclic) bond motifs is 2. The smallest absolute Gasteiger partial charge is 0.269 e. The fraction of sp³-hybridized carbons (Fsp3) is 0.269. The minimum Gasteiger partial charge on any atom is -0.364 e. The third-order valence-electron chi connectivity index (χ3n) is 7.04. The summed E-state index contributed by atoms with van der Waals surface area (Å²) in [7, 11) is 0. The highest BCUT2D eigenvalue weighted by Crippen LogP contribution is 2.48. The molecule has 0 spiro atoms. The van der Waals surface area contributed by atoms with Crippen molar-refractivity contribution in [2.75, 3.05) is 5.32 Å². The number of nitrogens with one attached hydrogen (secondary N) is 1. The Labute approximate surface area is 225 Å². The number of primary amides is 1. The first kappa shape index (κ1) is 24.2. The van der Waals surface area contributed by atoms with Crippen LogP contribution in [0.2, 0.25) is 0 Å². The topological polar surface area (TPSA) is 149 Å². The molecule has 192 valence electrons. The third-order valence-corrected chi connectivity index (χ3v) is 7.49. The summed E-state index contributed by atoms with van der Waals surface area (Å²) in [6, 6.07) is 10.1. The molecule has 6 rings (SSSR count). The Morgan fingerprint density at radius 3 is 2.63 bits per heavy atom. The van der Waals surface area contributed by atoms with Crippen LogP contribution in [0, 0.1) is 12.8 Å². The molecule has 1 saturated heterocycles. The zero-order chi connectivity index (χ0) is 26.6. The van der Waals surface area contributed by atoms with Gasteiger partial charge in [0.2, 0.25) is 11.8 Å². The number of nitrogens with two attached hydrogens (primary N) is 1. The Kier molecular flexibility index (Phi) is 5.90. The van der Waals surface area contributed by atoms with E-state index in [4.69, 9.17) is 5.73 Å². The van der Waals surface area contributed by atoms with Gasteiger partial charge in [-0.3, -0.25) is 19.1 Å². The second-order valence-electron chi connectivity index (χ2n) is 9.57. The molecule has 2 fully saturated rings. The predicted octanol–water partition coefficient (Wildman–Crippen LogP) is 2.69. The van der Waals surface area contributed by atoms with Crippen molar-refractivity contribution >= 4 is 50.4 Å². The Hall–Kier alpha value is -4.19. The summed E-state index contributed by atoms with van der Waals surface area (Å²) in [5, 5.41) is 7.73. The molecule has 11 nitrogen and oxygen atoms in total. The van der Waals surface area contributed by atoms with Gasteiger partial charge in [-0.1, -0.05) is 12.1 Å². The monoisotopic (exact) mass is 574 g/mol. The fourth-order valence-electron chi connectivity index (χ4n) is 5.15. The molecule has 0 bridgehead atoms. The lowest BCUT2D eigenvalue weighted by molar-refractivity contribution is -0.138. The van der Waals surface area contributed by atoms with E-state index in [0.29, 0.717) is 39.5 Å².